The van der Waals surface area contributed by atoms with Crippen LogP contribution in [0.3, 0.4) is 0 Å². The van der Waals surface area contributed by atoms with E-state index in [0.29, 0.717) is 11.3 Å². The SMILES string of the molecule is Cc1nc(CC(CNC2CC2)C(C)(C)C)sc1C. The maximum Gasteiger partial charge on any atom is 0.0934 e. The van der Waals surface area contributed by atoms with Crippen LogP contribution in [0.25, 0.3) is 0 Å². The number of hydrogen-bond acceptors (Lipinski definition) is 3. The predicted molar refractivity (Wildman–Crippen MR) is 79.3 cm³/mol. The molecule has 1 heterocycles. The maximum absolute atomic E-state index is 4.70. The summed E-state index contributed by atoms with van der Waals surface area (Å²) in [6.07, 6.45) is 3.85. The Morgan fingerprint density at radius 1 is 1.33 bits per heavy atom. The van der Waals surface area contributed by atoms with Gasteiger partial charge in [-0.2, -0.15) is 0 Å². The number of nitrogens with zero attached hydrogens (tertiary/aromatic N) is 1. The van der Waals surface area contributed by atoms with Crippen LogP contribution in [0.5, 0.6) is 0 Å². The third kappa shape index (κ3) is 3.79. The van der Waals surface area contributed by atoms with E-state index in [1.807, 2.05) is 11.3 Å². The van der Waals surface area contributed by atoms with Crippen LogP contribution in [0.2, 0.25) is 0 Å². The van der Waals surface area contributed by atoms with E-state index in [1.54, 1.807) is 0 Å². The van der Waals surface area contributed by atoms with Gasteiger partial charge in [-0.3, -0.25) is 0 Å². The van der Waals surface area contributed by atoms with Crippen molar-refractivity contribution in [3.63, 3.8) is 0 Å². The molecule has 1 aliphatic rings. The molecule has 0 radical (unpaired) electrons. The minimum absolute atomic E-state index is 0.343. The Balaban J connectivity index is 1.99. The summed E-state index contributed by atoms with van der Waals surface area (Å²) >= 11 is 1.87. The number of aromatic nitrogens is 1. The van der Waals surface area contributed by atoms with Gasteiger partial charge in [0.05, 0.1) is 10.7 Å². The molecule has 1 fully saturated rings. The largest absolute Gasteiger partial charge is 0.314 e. The molecule has 2 nitrogen and oxygen atoms in total. The van der Waals surface area contributed by atoms with Crippen molar-refractivity contribution in [2.45, 2.75) is 59.9 Å². The molecule has 102 valence electrons. The summed E-state index contributed by atoms with van der Waals surface area (Å²) in [6.45, 7) is 12.5. The van der Waals surface area contributed by atoms with Gasteiger partial charge in [0.15, 0.2) is 0 Å². The van der Waals surface area contributed by atoms with Gasteiger partial charge in [-0.25, -0.2) is 4.98 Å². The van der Waals surface area contributed by atoms with Crippen LogP contribution in [-0.2, 0) is 6.42 Å². The lowest BCUT2D eigenvalue weighted by Gasteiger charge is -2.30. The van der Waals surface area contributed by atoms with E-state index < -0.39 is 0 Å². The average molecular weight is 266 g/mol. The molecule has 1 aliphatic carbocycles. The van der Waals surface area contributed by atoms with Gasteiger partial charge < -0.3 is 5.32 Å². The summed E-state index contributed by atoms with van der Waals surface area (Å²) in [6, 6.07) is 0.801. The highest BCUT2D eigenvalue weighted by molar-refractivity contribution is 7.11. The fourth-order valence-corrected chi connectivity index (χ4v) is 3.13. The Morgan fingerprint density at radius 2 is 2.00 bits per heavy atom. The van der Waals surface area contributed by atoms with Gasteiger partial charge in [-0.15, -0.1) is 11.3 Å². The summed E-state index contributed by atoms with van der Waals surface area (Å²) in [7, 11) is 0. The number of rotatable bonds is 5. The molecule has 1 N–H and O–H groups in total. The lowest BCUT2D eigenvalue weighted by molar-refractivity contribution is 0.230. The molecule has 2 rings (SSSR count). The highest BCUT2D eigenvalue weighted by atomic mass is 32.1. The Bertz CT molecular complexity index is 380. The lowest BCUT2D eigenvalue weighted by atomic mass is 9.79. The topological polar surface area (TPSA) is 24.9 Å². The van der Waals surface area contributed by atoms with E-state index in [-0.39, 0.29) is 0 Å². The Kier molecular flexibility index (Phi) is 4.12. The van der Waals surface area contributed by atoms with E-state index in [9.17, 15) is 0 Å². The van der Waals surface area contributed by atoms with Crippen LogP contribution in [0, 0.1) is 25.2 Å². The summed E-state index contributed by atoms with van der Waals surface area (Å²) in [5, 5.41) is 4.99. The molecule has 3 heteroatoms. The highest BCUT2D eigenvalue weighted by Crippen LogP contribution is 2.31. The van der Waals surface area contributed by atoms with Crippen molar-refractivity contribution in [1.82, 2.24) is 10.3 Å². The molecule has 1 aromatic heterocycles. The number of thiazole rings is 1. The predicted octanol–water partition coefficient (Wildman–Crippen LogP) is 3.72. The quantitative estimate of drug-likeness (QED) is 0.878. The zero-order valence-corrected chi connectivity index (χ0v) is 13.2. The standard InChI is InChI=1S/C15H26N2S/c1-10-11(2)18-14(17-10)8-12(15(3,4)5)9-16-13-6-7-13/h12-13,16H,6-9H2,1-5H3. The zero-order chi connectivity index (χ0) is 13.3. The van der Waals surface area contributed by atoms with Crippen LogP contribution in [-0.4, -0.2) is 17.6 Å². The highest BCUT2D eigenvalue weighted by Gasteiger charge is 2.28. The van der Waals surface area contributed by atoms with Crippen molar-refractivity contribution >= 4 is 11.3 Å². The molecule has 0 bridgehead atoms. The second-order valence-corrected chi connectivity index (χ2v) is 7.99. The molecule has 18 heavy (non-hydrogen) atoms. The lowest BCUT2D eigenvalue weighted by Crippen LogP contribution is -2.34. The average Bonchev–Trinajstić information content (AvgIpc) is 3.00. The number of hydrogen-bond donors (Lipinski definition) is 1. The Labute approximate surface area is 115 Å². The van der Waals surface area contributed by atoms with Gasteiger partial charge in [-0.1, -0.05) is 20.8 Å². The minimum Gasteiger partial charge on any atom is -0.314 e. The molecular formula is C15H26N2S. The molecule has 1 aromatic rings. The van der Waals surface area contributed by atoms with Crippen LogP contribution >= 0.6 is 11.3 Å². The van der Waals surface area contributed by atoms with Crippen molar-refractivity contribution in [2.24, 2.45) is 11.3 Å². The Hall–Kier alpha value is -0.410. The fraction of sp³-hybridized carbons (Fsp3) is 0.800. The smallest absolute Gasteiger partial charge is 0.0934 e. The van der Waals surface area contributed by atoms with Gasteiger partial charge in [0.2, 0.25) is 0 Å². The van der Waals surface area contributed by atoms with E-state index in [1.165, 1.54) is 28.4 Å². The van der Waals surface area contributed by atoms with Crippen LogP contribution < -0.4 is 5.32 Å². The first-order valence-corrected chi connectivity index (χ1v) is 7.84. The second-order valence-electron chi connectivity index (χ2n) is 6.70. The van der Waals surface area contributed by atoms with Crippen LogP contribution in [0.4, 0.5) is 0 Å². The van der Waals surface area contributed by atoms with Crippen LogP contribution in [0.1, 0.15) is 49.2 Å². The van der Waals surface area contributed by atoms with E-state index in [0.717, 1.165) is 19.0 Å². The first-order chi connectivity index (χ1) is 8.36. The first kappa shape index (κ1) is 14.0. The third-order valence-electron chi connectivity index (χ3n) is 3.95. The van der Waals surface area contributed by atoms with E-state index in [4.69, 9.17) is 4.98 Å². The molecule has 0 spiro atoms. The summed E-state index contributed by atoms with van der Waals surface area (Å²) < 4.78 is 0. The normalized spacial score (nSPS) is 18.1. The fourth-order valence-electron chi connectivity index (χ4n) is 2.12. The molecule has 1 unspecified atom stereocenters. The van der Waals surface area contributed by atoms with E-state index >= 15 is 0 Å². The third-order valence-corrected chi connectivity index (χ3v) is 5.04. The summed E-state index contributed by atoms with van der Waals surface area (Å²) in [5.74, 6) is 0.669. The van der Waals surface area contributed by atoms with Crippen molar-refractivity contribution in [3.8, 4) is 0 Å². The monoisotopic (exact) mass is 266 g/mol. The maximum atomic E-state index is 4.70. The van der Waals surface area contributed by atoms with Gasteiger partial charge >= 0.3 is 0 Å². The summed E-state index contributed by atoms with van der Waals surface area (Å²) in [5.41, 5.74) is 1.55. The van der Waals surface area contributed by atoms with E-state index in [2.05, 4.69) is 39.9 Å². The second kappa shape index (κ2) is 5.30. The minimum atomic E-state index is 0.343. The van der Waals surface area contributed by atoms with Crippen molar-refractivity contribution in [3.05, 3.63) is 15.6 Å². The van der Waals surface area contributed by atoms with Gasteiger partial charge in [0.25, 0.3) is 0 Å². The molecular weight excluding hydrogens is 240 g/mol. The molecule has 0 amide bonds. The van der Waals surface area contributed by atoms with Crippen molar-refractivity contribution < 1.29 is 0 Å². The van der Waals surface area contributed by atoms with Gasteiger partial charge in [0.1, 0.15) is 0 Å². The molecule has 0 aromatic carbocycles. The van der Waals surface area contributed by atoms with Crippen LogP contribution in [0.15, 0.2) is 0 Å². The number of nitrogens with one attached hydrogen (secondary N) is 1. The molecule has 0 saturated heterocycles. The molecule has 0 aliphatic heterocycles. The van der Waals surface area contributed by atoms with Gasteiger partial charge in [-0.05, 0) is 44.6 Å². The Morgan fingerprint density at radius 3 is 2.44 bits per heavy atom. The van der Waals surface area contributed by atoms with Crippen molar-refractivity contribution in [2.75, 3.05) is 6.54 Å². The summed E-state index contributed by atoms with van der Waals surface area (Å²) in [4.78, 5) is 6.07. The van der Waals surface area contributed by atoms with Gasteiger partial charge in [0, 0.05) is 17.3 Å². The molecule has 1 saturated carbocycles. The molecule has 1 atom stereocenters. The zero-order valence-electron chi connectivity index (χ0n) is 12.3. The van der Waals surface area contributed by atoms with Crippen molar-refractivity contribution in [1.29, 1.82) is 0 Å². The number of aryl methyl sites for hydroxylation is 2. The first-order valence-electron chi connectivity index (χ1n) is 7.02.